The zero-order valence-corrected chi connectivity index (χ0v) is 8.38. The molecule has 0 aromatic heterocycles. The van der Waals surface area contributed by atoms with Gasteiger partial charge in [0.25, 0.3) is 0 Å². The quantitative estimate of drug-likeness (QED) is 0.637. The Kier molecular flexibility index (Phi) is 1.76. The maximum Gasteiger partial charge on any atom is 0.0574 e. The van der Waals surface area contributed by atoms with E-state index >= 15 is 0 Å². The molecule has 1 N–H and O–H groups in total. The van der Waals surface area contributed by atoms with Gasteiger partial charge in [-0.25, -0.2) is 0 Å². The molecule has 1 heteroatoms. The van der Waals surface area contributed by atoms with E-state index < -0.39 is 0 Å². The lowest BCUT2D eigenvalue weighted by Gasteiger charge is -2.61. The molecule has 3 aliphatic carbocycles. The van der Waals surface area contributed by atoms with Crippen molar-refractivity contribution in [2.24, 2.45) is 23.2 Å². The molecule has 3 saturated carbocycles. The van der Waals surface area contributed by atoms with Gasteiger partial charge in [0.15, 0.2) is 0 Å². The number of fused-ring (bicyclic) bond motifs is 2. The molecule has 3 rings (SSSR count). The summed E-state index contributed by atoms with van der Waals surface area (Å²) in [7, 11) is 0. The monoisotopic (exact) mass is 168 g/mol. The third-order valence-corrected chi connectivity index (χ3v) is 4.55. The standard InChI is InChI=1S/C11H20O/c1-4-8-9-5-7(6-10(8)12)11(9,2)3/h7-10,12H,4-6H2,1-3H3/t7-,8+,9+,10+/m0/s1. The minimum atomic E-state index is 0.00627. The second kappa shape index (κ2) is 2.47. The summed E-state index contributed by atoms with van der Waals surface area (Å²) in [6, 6.07) is 0. The predicted octanol–water partition coefficient (Wildman–Crippen LogP) is 2.44. The van der Waals surface area contributed by atoms with Crippen LogP contribution in [0.15, 0.2) is 0 Å². The molecule has 0 heterocycles. The van der Waals surface area contributed by atoms with Crippen molar-refractivity contribution >= 4 is 0 Å². The molecule has 0 saturated heterocycles. The van der Waals surface area contributed by atoms with Crippen LogP contribution in [-0.2, 0) is 0 Å². The van der Waals surface area contributed by atoms with Gasteiger partial charge in [-0.3, -0.25) is 0 Å². The summed E-state index contributed by atoms with van der Waals surface area (Å²) in [5.74, 6) is 2.20. The second-order valence-corrected chi connectivity index (χ2v) is 5.24. The van der Waals surface area contributed by atoms with Crippen molar-refractivity contribution < 1.29 is 5.11 Å². The van der Waals surface area contributed by atoms with Crippen molar-refractivity contribution in [3.05, 3.63) is 0 Å². The number of aliphatic hydroxyl groups excluding tert-OH is 1. The van der Waals surface area contributed by atoms with E-state index in [-0.39, 0.29) is 6.10 Å². The van der Waals surface area contributed by atoms with Gasteiger partial charge in [0.1, 0.15) is 0 Å². The van der Waals surface area contributed by atoms with Gasteiger partial charge in [0.2, 0.25) is 0 Å². The van der Waals surface area contributed by atoms with E-state index in [2.05, 4.69) is 20.8 Å². The van der Waals surface area contributed by atoms with Gasteiger partial charge >= 0.3 is 0 Å². The summed E-state index contributed by atoms with van der Waals surface area (Å²) in [5, 5.41) is 9.80. The smallest absolute Gasteiger partial charge is 0.0574 e. The fraction of sp³-hybridized carbons (Fsp3) is 1.00. The van der Waals surface area contributed by atoms with Crippen molar-refractivity contribution in [3.63, 3.8) is 0 Å². The third kappa shape index (κ3) is 0.891. The number of hydrogen-bond donors (Lipinski definition) is 1. The van der Waals surface area contributed by atoms with Gasteiger partial charge in [-0.15, -0.1) is 0 Å². The van der Waals surface area contributed by atoms with Crippen LogP contribution in [0, 0.1) is 23.2 Å². The zero-order valence-electron chi connectivity index (χ0n) is 8.38. The molecule has 2 bridgehead atoms. The Morgan fingerprint density at radius 2 is 2.00 bits per heavy atom. The fourth-order valence-corrected chi connectivity index (χ4v) is 3.47. The van der Waals surface area contributed by atoms with Gasteiger partial charge in [0.05, 0.1) is 6.10 Å². The number of rotatable bonds is 1. The minimum absolute atomic E-state index is 0.00627. The first-order valence-corrected chi connectivity index (χ1v) is 5.25. The highest BCUT2D eigenvalue weighted by molar-refractivity contribution is 5.05. The lowest BCUT2D eigenvalue weighted by atomic mass is 9.44. The molecule has 4 atom stereocenters. The summed E-state index contributed by atoms with van der Waals surface area (Å²) in [5.41, 5.74) is 0.528. The van der Waals surface area contributed by atoms with Gasteiger partial charge in [-0.05, 0) is 36.0 Å². The molecule has 70 valence electrons. The van der Waals surface area contributed by atoms with Crippen LogP contribution in [0.1, 0.15) is 40.0 Å². The van der Waals surface area contributed by atoms with E-state index in [1.807, 2.05) is 0 Å². The first kappa shape index (κ1) is 8.55. The number of hydrogen-bond acceptors (Lipinski definition) is 1. The van der Waals surface area contributed by atoms with E-state index in [0.717, 1.165) is 24.7 Å². The maximum atomic E-state index is 9.80. The van der Waals surface area contributed by atoms with Gasteiger partial charge in [0, 0.05) is 0 Å². The SMILES string of the molecule is CC[C@H]1[C@H](O)C[C@@H]2C[C@H]1C2(C)C. The van der Waals surface area contributed by atoms with Crippen LogP contribution >= 0.6 is 0 Å². The summed E-state index contributed by atoms with van der Waals surface area (Å²) in [6.07, 6.45) is 3.60. The Labute approximate surface area is 75.2 Å². The summed E-state index contributed by atoms with van der Waals surface area (Å²) < 4.78 is 0. The van der Waals surface area contributed by atoms with Crippen LogP contribution in [-0.4, -0.2) is 11.2 Å². The highest BCUT2D eigenvalue weighted by Gasteiger charge is 2.56. The maximum absolute atomic E-state index is 9.80. The van der Waals surface area contributed by atoms with Crippen molar-refractivity contribution in [2.45, 2.75) is 46.1 Å². The van der Waals surface area contributed by atoms with E-state index in [1.54, 1.807) is 0 Å². The Balaban J connectivity index is 2.15. The molecule has 12 heavy (non-hydrogen) atoms. The molecule has 3 fully saturated rings. The largest absolute Gasteiger partial charge is 0.393 e. The van der Waals surface area contributed by atoms with Crippen LogP contribution in [0.5, 0.6) is 0 Å². The van der Waals surface area contributed by atoms with Crippen molar-refractivity contribution in [2.75, 3.05) is 0 Å². The molecule has 1 nitrogen and oxygen atoms in total. The van der Waals surface area contributed by atoms with Gasteiger partial charge in [-0.2, -0.15) is 0 Å². The van der Waals surface area contributed by atoms with Crippen LogP contribution in [0.4, 0.5) is 0 Å². The topological polar surface area (TPSA) is 20.2 Å². The molecule has 0 aromatic rings. The molecule has 0 radical (unpaired) electrons. The van der Waals surface area contributed by atoms with Crippen LogP contribution in [0.3, 0.4) is 0 Å². The Bertz CT molecular complexity index is 185. The second-order valence-electron chi connectivity index (χ2n) is 5.24. The third-order valence-electron chi connectivity index (χ3n) is 4.55. The molecule has 0 amide bonds. The molecular weight excluding hydrogens is 148 g/mol. The lowest BCUT2D eigenvalue weighted by Crippen LogP contribution is -2.57. The Morgan fingerprint density at radius 1 is 1.33 bits per heavy atom. The average molecular weight is 168 g/mol. The van der Waals surface area contributed by atoms with Gasteiger partial charge < -0.3 is 5.11 Å². The first-order chi connectivity index (χ1) is 5.57. The van der Waals surface area contributed by atoms with Crippen molar-refractivity contribution in [1.82, 2.24) is 0 Å². The molecule has 0 aromatic carbocycles. The first-order valence-electron chi connectivity index (χ1n) is 5.25. The summed E-state index contributed by atoms with van der Waals surface area (Å²) >= 11 is 0. The molecule has 0 spiro atoms. The van der Waals surface area contributed by atoms with E-state index in [1.165, 1.54) is 6.42 Å². The van der Waals surface area contributed by atoms with Crippen molar-refractivity contribution in [1.29, 1.82) is 0 Å². The Morgan fingerprint density at radius 3 is 2.42 bits per heavy atom. The Hall–Kier alpha value is -0.0400. The van der Waals surface area contributed by atoms with Crippen LogP contribution < -0.4 is 0 Å². The summed E-state index contributed by atoms with van der Waals surface area (Å²) in [4.78, 5) is 0. The molecule has 0 unspecified atom stereocenters. The highest BCUT2D eigenvalue weighted by Crippen LogP contribution is 2.61. The van der Waals surface area contributed by atoms with Crippen LogP contribution in [0.25, 0.3) is 0 Å². The fourth-order valence-electron chi connectivity index (χ4n) is 3.47. The minimum Gasteiger partial charge on any atom is -0.393 e. The number of aliphatic hydroxyl groups is 1. The predicted molar refractivity (Wildman–Crippen MR) is 49.8 cm³/mol. The highest BCUT2D eigenvalue weighted by atomic mass is 16.3. The molecule has 0 aliphatic heterocycles. The molecule has 3 aliphatic rings. The average Bonchev–Trinajstić information content (AvgIpc) is 2.03. The molecular formula is C11H20O. The van der Waals surface area contributed by atoms with E-state index in [4.69, 9.17) is 0 Å². The van der Waals surface area contributed by atoms with E-state index in [0.29, 0.717) is 11.3 Å². The summed E-state index contributed by atoms with van der Waals surface area (Å²) in [6.45, 7) is 6.96. The van der Waals surface area contributed by atoms with Crippen molar-refractivity contribution in [3.8, 4) is 0 Å². The van der Waals surface area contributed by atoms with Crippen LogP contribution in [0.2, 0.25) is 0 Å². The van der Waals surface area contributed by atoms with E-state index in [9.17, 15) is 5.11 Å². The normalized spacial score (nSPS) is 50.0. The lowest BCUT2D eigenvalue weighted by molar-refractivity contribution is -0.161. The zero-order chi connectivity index (χ0) is 8.93. The van der Waals surface area contributed by atoms with Gasteiger partial charge in [-0.1, -0.05) is 27.2 Å².